The maximum atomic E-state index is 10.8. The lowest BCUT2D eigenvalue weighted by molar-refractivity contribution is -0.111. The number of aryl methyl sites for hydroxylation is 2. The molecule has 2 N–H and O–H groups in total. The van der Waals surface area contributed by atoms with E-state index in [0.29, 0.717) is 5.92 Å². The van der Waals surface area contributed by atoms with Crippen molar-refractivity contribution in [3.05, 3.63) is 131 Å². The van der Waals surface area contributed by atoms with Gasteiger partial charge in [-0.3, -0.25) is 4.79 Å². The number of nitrogens with one attached hydrogen (secondary N) is 2. The molecule has 0 saturated carbocycles. The van der Waals surface area contributed by atoms with Gasteiger partial charge in [-0.05, 0) is 100 Å². The number of morpholine rings is 1. The third kappa shape index (κ3) is 6.70. The first-order chi connectivity index (χ1) is 25.9. The van der Waals surface area contributed by atoms with Crippen LogP contribution in [0.4, 0.5) is 11.4 Å². The number of hydrogen-bond donors (Lipinski definition) is 2. The van der Waals surface area contributed by atoms with Crippen molar-refractivity contribution in [1.29, 1.82) is 11.1 Å². The zero-order chi connectivity index (χ0) is 36.5. The number of carbonyl (C=O) groups is 1. The number of benzene rings is 5. The van der Waals surface area contributed by atoms with E-state index in [0.717, 1.165) is 76.5 Å². The number of allylic oxidation sites excluding steroid dienone is 6. The van der Waals surface area contributed by atoms with Crippen LogP contribution in [0.1, 0.15) is 34.6 Å². The molecular formula is C45H47N6O2+. The molecule has 5 aromatic rings. The first-order valence-corrected chi connectivity index (χ1v) is 18.9. The van der Waals surface area contributed by atoms with Gasteiger partial charge in [0.2, 0.25) is 4.91 Å². The monoisotopic (exact) mass is 703 g/mol. The molecule has 0 radical (unpaired) electrons. The minimum Gasteiger partial charge on any atom is -0.378 e. The van der Waals surface area contributed by atoms with Gasteiger partial charge in [-0.25, -0.2) is 0 Å². The smallest absolute Gasteiger partial charge is 0.211 e. The van der Waals surface area contributed by atoms with Crippen LogP contribution in [-0.2, 0) is 22.4 Å². The predicted molar refractivity (Wildman–Crippen MR) is 216 cm³/mol. The second kappa shape index (κ2) is 14.9. The highest BCUT2D eigenvalue weighted by Crippen LogP contribution is 2.44. The van der Waals surface area contributed by atoms with Gasteiger partial charge in [0.15, 0.2) is 5.78 Å². The van der Waals surface area contributed by atoms with Crippen molar-refractivity contribution in [2.24, 2.45) is 0 Å². The van der Waals surface area contributed by atoms with E-state index in [9.17, 15) is 4.79 Å². The molecule has 1 unspecified atom stereocenters. The van der Waals surface area contributed by atoms with E-state index in [2.05, 4.69) is 101 Å². The van der Waals surface area contributed by atoms with Gasteiger partial charge < -0.3 is 19.4 Å². The standard InChI is InChI=1S/C38H41N3O.C7H4O.H2N3/c1-26-23-30-25-31(40-17-15-39(2)16-18-40)10-14-32(30)36-13-9-28-24-29(8-11-33(28)37(26)36)35-12-7-27-5-3-4-6-34(27)38(35)41-19-21-42-22-20-41;8-7-5-1-2-6(7)4-3-5;1-3-2/h3-7,9-10,12-14,23,25,29H,8,11,15-22,24H2,1-2H3;1-4H;1-2H/q;;+1. The largest absolute Gasteiger partial charge is 0.378 e. The molecule has 53 heavy (non-hydrogen) atoms. The second-order valence-electron chi connectivity index (χ2n) is 14.8. The maximum Gasteiger partial charge on any atom is 0.211 e. The predicted octanol–water partition coefficient (Wildman–Crippen LogP) is 8.42. The molecule has 0 amide bonds. The molecule has 8 heteroatoms. The Kier molecular flexibility index (Phi) is 9.76. The Morgan fingerprint density at radius 2 is 1.47 bits per heavy atom. The molecule has 10 rings (SSSR count). The molecule has 3 aliphatic carbocycles. The summed E-state index contributed by atoms with van der Waals surface area (Å²) in [4.78, 5) is 20.3. The third-order valence-electron chi connectivity index (χ3n) is 11.7. The fraction of sp³-hybridized carbons (Fsp3) is 0.311. The fourth-order valence-electron chi connectivity index (χ4n) is 8.96. The molecular weight excluding hydrogens is 657 g/mol. The number of hydrogen-bond acceptors (Lipinski definition) is 7. The average Bonchev–Trinajstić information content (AvgIpc) is 3.73. The van der Waals surface area contributed by atoms with Crippen LogP contribution in [0.15, 0.2) is 108 Å². The van der Waals surface area contributed by atoms with Gasteiger partial charge >= 0.3 is 0 Å². The van der Waals surface area contributed by atoms with E-state index < -0.39 is 0 Å². The molecule has 2 fully saturated rings. The number of anilines is 2. The molecule has 0 spiro atoms. The minimum absolute atomic E-state index is 0.185. The number of piperazine rings is 1. The van der Waals surface area contributed by atoms with E-state index in [1.165, 1.54) is 66.8 Å². The van der Waals surface area contributed by atoms with Crippen LogP contribution >= 0.6 is 0 Å². The Bertz CT molecular complexity index is 2330. The van der Waals surface area contributed by atoms with E-state index >= 15 is 0 Å². The van der Waals surface area contributed by atoms with E-state index in [1.807, 2.05) is 29.2 Å². The molecule has 0 aromatic heterocycles. The summed E-state index contributed by atoms with van der Waals surface area (Å²) in [5, 5.41) is 8.41. The molecule has 2 heterocycles. The highest BCUT2D eigenvalue weighted by atomic mass is 16.5. The van der Waals surface area contributed by atoms with Gasteiger partial charge in [0.1, 0.15) is 11.1 Å². The Morgan fingerprint density at radius 3 is 2.17 bits per heavy atom. The molecule has 2 bridgehead atoms. The van der Waals surface area contributed by atoms with Crippen LogP contribution in [0.5, 0.6) is 0 Å². The summed E-state index contributed by atoms with van der Waals surface area (Å²) in [7, 11) is 2.22. The lowest BCUT2D eigenvalue weighted by atomic mass is 9.76. The molecule has 1 atom stereocenters. The normalized spacial score (nSPS) is 19.3. The second-order valence-corrected chi connectivity index (χ2v) is 14.8. The topological polar surface area (TPSA) is 97.8 Å². The Balaban J connectivity index is 0.000000313. The summed E-state index contributed by atoms with van der Waals surface area (Å²) in [6, 6.07) is 28.2. The summed E-state index contributed by atoms with van der Waals surface area (Å²) in [6.07, 6.45) is 10.8. The number of rotatable bonds is 3. The lowest BCUT2D eigenvalue weighted by Crippen LogP contribution is -2.44. The van der Waals surface area contributed by atoms with E-state index in [4.69, 9.17) is 15.8 Å². The van der Waals surface area contributed by atoms with Gasteiger partial charge in [-0.2, -0.15) is 0 Å². The number of ether oxygens (including phenoxy) is 1. The minimum atomic E-state index is 0.185. The summed E-state index contributed by atoms with van der Waals surface area (Å²) < 4.78 is 5.74. The highest BCUT2D eigenvalue weighted by molar-refractivity contribution is 6.18. The molecule has 5 aliphatic rings. The average molecular weight is 704 g/mol. The first kappa shape index (κ1) is 34.7. The number of fused-ring (bicyclic) bond motifs is 8. The summed E-state index contributed by atoms with van der Waals surface area (Å²) in [5.74, 6) is 0.717. The Morgan fingerprint density at radius 1 is 0.755 bits per heavy atom. The quantitative estimate of drug-likeness (QED) is 0.112. The van der Waals surface area contributed by atoms with Crippen molar-refractivity contribution < 1.29 is 9.53 Å². The number of carbonyl (C=O) groups excluding carboxylic acids is 1. The summed E-state index contributed by atoms with van der Waals surface area (Å²) >= 11 is 0. The molecule has 2 saturated heterocycles. The van der Waals surface area contributed by atoms with Crippen molar-refractivity contribution in [3.8, 4) is 0 Å². The zero-order valence-electron chi connectivity index (χ0n) is 30.7. The third-order valence-corrected chi connectivity index (χ3v) is 11.7. The van der Waals surface area contributed by atoms with Gasteiger partial charge in [0.25, 0.3) is 0 Å². The van der Waals surface area contributed by atoms with Crippen molar-refractivity contribution in [2.75, 3.05) is 69.3 Å². The maximum absolute atomic E-state index is 10.8. The van der Waals surface area contributed by atoms with Gasteiger partial charge in [-0.15, -0.1) is 0 Å². The van der Waals surface area contributed by atoms with Gasteiger partial charge in [0.05, 0.1) is 13.2 Å². The SMILES string of the molecule is Cc1cc2cc(N3CCN(C)CC3)ccc2c2ccc3c(c12)CCC(c1ccc2ccccc2c1N1CCOCC1)C3.N=[N+]=N.O=C1C2=CC=C1C=C2. The molecule has 268 valence electrons. The fourth-order valence-corrected chi connectivity index (χ4v) is 8.96. The van der Waals surface area contributed by atoms with Crippen molar-refractivity contribution in [1.82, 2.24) is 9.81 Å². The van der Waals surface area contributed by atoms with Crippen LogP contribution in [-0.4, -0.2) is 70.2 Å². The van der Waals surface area contributed by atoms with Crippen LogP contribution < -0.4 is 14.7 Å². The Labute approximate surface area is 311 Å². The van der Waals surface area contributed by atoms with Gasteiger partial charge in [-0.1, -0.05) is 85.0 Å². The van der Waals surface area contributed by atoms with Crippen LogP contribution in [0.2, 0.25) is 0 Å². The first-order valence-electron chi connectivity index (χ1n) is 18.9. The lowest BCUT2D eigenvalue weighted by Gasteiger charge is -2.35. The highest BCUT2D eigenvalue weighted by Gasteiger charge is 2.28. The number of nitrogens with zero attached hydrogens (tertiary/aromatic N) is 4. The van der Waals surface area contributed by atoms with Crippen LogP contribution in [0.25, 0.3) is 32.3 Å². The summed E-state index contributed by atoms with van der Waals surface area (Å²) in [5.41, 5.74) is 21.5. The number of ketones is 1. The molecule has 5 aromatic carbocycles. The van der Waals surface area contributed by atoms with Crippen molar-refractivity contribution in [3.63, 3.8) is 0 Å². The van der Waals surface area contributed by atoms with Crippen LogP contribution in [0, 0.1) is 18.0 Å². The van der Waals surface area contributed by atoms with Crippen LogP contribution in [0.3, 0.4) is 0 Å². The van der Waals surface area contributed by atoms with E-state index in [1.54, 1.807) is 5.56 Å². The van der Waals surface area contributed by atoms with Crippen molar-refractivity contribution in [2.45, 2.75) is 32.1 Å². The van der Waals surface area contributed by atoms with Gasteiger partial charge in [0, 0.05) is 67.2 Å². The molecule has 2 aliphatic heterocycles. The molecule has 8 nitrogen and oxygen atoms in total. The number of Topliss-reactive ketones (excluding diaryl/α,β-unsaturated/α-hetero) is 1. The Hall–Kier alpha value is -5.40. The zero-order valence-corrected chi connectivity index (χ0v) is 30.7. The van der Waals surface area contributed by atoms with E-state index in [-0.39, 0.29) is 5.78 Å². The number of likely N-dealkylation sites (N-methyl/N-ethyl adjacent to an activating group) is 1. The van der Waals surface area contributed by atoms with Crippen molar-refractivity contribution >= 4 is 49.5 Å². The summed E-state index contributed by atoms with van der Waals surface area (Å²) in [6.45, 7) is 10.4.